The molecule has 0 unspecified atom stereocenters. The third kappa shape index (κ3) is 5.32. The monoisotopic (exact) mass is 248 g/mol. The van der Waals surface area contributed by atoms with Gasteiger partial charge in [0.15, 0.2) is 0 Å². The number of aryl methyl sites for hydroxylation is 1. The van der Waals surface area contributed by atoms with Crippen molar-refractivity contribution < 1.29 is 4.74 Å². The van der Waals surface area contributed by atoms with E-state index in [1.807, 2.05) is 25.1 Å². The molecule has 0 amide bonds. The average molecular weight is 248 g/mol. The zero-order valence-electron chi connectivity index (χ0n) is 11.7. The van der Waals surface area contributed by atoms with Crippen molar-refractivity contribution in [2.75, 3.05) is 13.2 Å². The van der Waals surface area contributed by atoms with Gasteiger partial charge < -0.3 is 10.1 Å². The van der Waals surface area contributed by atoms with Crippen LogP contribution < -0.4 is 10.1 Å². The maximum Gasteiger partial charge on any atom is 0.214 e. The highest BCUT2D eigenvalue weighted by molar-refractivity contribution is 5.25. The predicted octanol–water partition coefficient (Wildman–Crippen LogP) is 3.10. The molecule has 1 aromatic rings. The number of ether oxygens (including phenoxy) is 1. The minimum absolute atomic E-state index is 0.583. The largest absolute Gasteiger partial charge is 0.473 e. The second kappa shape index (κ2) is 8.70. The summed E-state index contributed by atoms with van der Waals surface area (Å²) in [5, 5.41) is 3.33. The van der Waals surface area contributed by atoms with E-state index in [-0.39, 0.29) is 0 Å². The molecule has 1 N–H and O–H groups in total. The van der Waals surface area contributed by atoms with Crippen LogP contribution in [0.4, 0.5) is 0 Å². The SMILES string of the molecule is C/C=C/COc1cc(CNCC)cc(CCC)n1. The highest BCUT2D eigenvalue weighted by atomic mass is 16.5. The molecule has 0 spiro atoms. The van der Waals surface area contributed by atoms with Crippen molar-refractivity contribution >= 4 is 0 Å². The van der Waals surface area contributed by atoms with Gasteiger partial charge in [-0.15, -0.1) is 0 Å². The molecule has 3 heteroatoms. The molecule has 0 aliphatic rings. The van der Waals surface area contributed by atoms with Crippen LogP contribution in [0.2, 0.25) is 0 Å². The summed E-state index contributed by atoms with van der Waals surface area (Å²) in [6, 6.07) is 4.18. The Labute approximate surface area is 110 Å². The summed E-state index contributed by atoms with van der Waals surface area (Å²) >= 11 is 0. The molecule has 1 aromatic heterocycles. The summed E-state index contributed by atoms with van der Waals surface area (Å²) in [5.41, 5.74) is 2.36. The molecule has 0 saturated heterocycles. The fraction of sp³-hybridized carbons (Fsp3) is 0.533. The lowest BCUT2D eigenvalue weighted by Gasteiger charge is -2.09. The predicted molar refractivity (Wildman–Crippen MR) is 75.9 cm³/mol. The second-order valence-electron chi connectivity index (χ2n) is 4.22. The smallest absolute Gasteiger partial charge is 0.214 e. The van der Waals surface area contributed by atoms with Gasteiger partial charge in [-0.3, -0.25) is 0 Å². The Morgan fingerprint density at radius 1 is 1.33 bits per heavy atom. The number of rotatable bonds is 8. The van der Waals surface area contributed by atoms with Crippen LogP contribution in [0, 0.1) is 0 Å². The molecule has 0 saturated carbocycles. The Bertz CT molecular complexity index is 375. The van der Waals surface area contributed by atoms with Crippen molar-refractivity contribution in [1.29, 1.82) is 0 Å². The molecule has 0 fully saturated rings. The van der Waals surface area contributed by atoms with E-state index in [4.69, 9.17) is 4.74 Å². The number of aromatic nitrogens is 1. The van der Waals surface area contributed by atoms with Crippen LogP contribution in [0.15, 0.2) is 24.3 Å². The molecule has 0 radical (unpaired) electrons. The summed E-state index contributed by atoms with van der Waals surface area (Å²) in [6.45, 7) is 8.69. The molecule has 1 rings (SSSR count). The second-order valence-corrected chi connectivity index (χ2v) is 4.22. The standard InChI is InChI=1S/C15H24N2O/c1-4-7-9-18-15-11-13(12-16-6-3)10-14(17-15)8-5-2/h4,7,10-11,16H,5-6,8-9,12H2,1-3H3/b7-4+. The van der Waals surface area contributed by atoms with Crippen LogP contribution >= 0.6 is 0 Å². The maximum atomic E-state index is 5.63. The van der Waals surface area contributed by atoms with Gasteiger partial charge in [0.2, 0.25) is 5.88 Å². The Balaban J connectivity index is 2.76. The molecule has 0 atom stereocenters. The maximum absolute atomic E-state index is 5.63. The zero-order chi connectivity index (χ0) is 13.2. The van der Waals surface area contributed by atoms with Crippen molar-refractivity contribution in [3.05, 3.63) is 35.5 Å². The lowest BCUT2D eigenvalue weighted by molar-refractivity contribution is 0.346. The molecule has 0 aromatic carbocycles. The first-order valence-electron chi connectivity index (χ1n) is 6.74. The normalized spacial score (nSPS) is 11.1. The van der Waals surface area contributed by atoms with Gasteiger partial charge in [-0.25, -0.2) is 4.98 Å². The minimum atomic E-state index is 0.583. The number of allylic oxidation sites excluding steroid dienone is 1. The first-order valence-corrected chi connectivity index (χ1v) is 6.74. The first kappa shape index (κ1) is 14.7. The summed E-state index contributed by atoms with van der Waals surface area (Å²) < 4.78 is 5.63. The van der Waals surface area contributed by atoms with Gasteiger partial charge in [-0.05, 0) is 31.5 Å². The Hall–Kier alpha value is -1.35. The van der Waals surface area contributed by atoms with Crippen molar-refractivity contribution in [3.8, 4) is 5.88 Å². The quantitative estimate of drug-likeness (QED) is 0.718. The van der Waals surface area contributed by atoms with Gasteiger partial charge in [0, 0.05) is 18.3 Å². The van der Waals surface area contributed by atoms with Gasteiger partial charge >= 0.3 is 0 Å². The summed E-state index contributed by atoms with van der Waals surface area (Å²) in [7, 11) is 0. The van der Waals surface area contributed by atoms with E-state index in [0.717, 1.165) is 37.5 Å². The molecule has 100 valence electrons. The van der Waals surface area contributed by atoms with Crippen LogP contribution in [-0.2, 0) is 13.0 Å². The van der Waals surface area contributed by atoms with E-state index in [1.165, 1.54) is 5.56 Å². The number of hydrogen-bond donors (Lipinski definition) is 1. The van der Waals surface area contributed by atoms with Crippen LogP contribution in [0.1, 0.15) is 38.4 Å². The van der Waals surface area contributed by atoms with Gasteiger partial charge in [-0.2, -0.15) is 0 Å². The number of nitrogens with one attached hydrogen (secondary N) is 1. The van der Waals surface area contributed by atoms with E-state index in [9.17, 15) is 0 Å². The fourth-order valence-corrected chi connectivity index (χ4v) is 1.68. The summed E-state index contributed by atoms with van der Waals surface area (Å²) in [4.78, 5) is 4.52. The van der Waals surface area contributed by atoms with Crippen LogP contribution in [0.5, 0.6) is 5.88 Å². The average Bonchev–Trinajstić information content (AvgIpc) is 2.37. The minimum Gasteiger partial charge on any atom is -0.473 e. The molecule has 0 bridgehead atoms. The van der Waals surface area contributed by atoms with Crippen molar-refractivity contribution in [2.24, 2.45) is 0 Å². The molecule has 0 aliphatic carbocycles. The molecule has 18 heavy (non-hydrogen) atoms. The third-order valence-corrected chi connectivity index (χ3v) is 2.56. The van der Waals surface area contributed by atoms with Crippen molar-refractivity contribution in [1.82, 2.24) is 10.3 Å². The molecular weight excluding hydrogens is 224 g/mol. The van der Waals surface area contributed by atoms with Gasteiger partial charge in [0.05, 0.1) is 0 Å². The molecule has 0 aliphatic heterocycles. The van der Waals surface area contributed by atoms with E-state index in [2.05, 4.69) is 30.2 Å². The summed E-state index contributed by atoms with van der Waals surface area (Å²) in [5.74, 6) is 0.729. The van der Waals surface area contributed by atoms with Gasteiger partial charge in [0.25, 0.3) is 0 Å². The van der Waals surface area contributed by atoms with Crippen molar-refractivity contribution in [2.45, 2.75) is 40.2 Å². The van der Waals surface area contributed by atoms with Crippen molar-refractivity contribution in [3.63, 3.8) is 0 Å². The Morgan fingerprint density at radius 2 is 2.17 bits per heavy atom. The van der Waals surface area contributed by atoms with Crippen LogP contribution in [0.25, 0.3) is 0 Å². The Morgan fingerprint density at radius 3 is 2.83 bits per heavy atom. The molecule has 3 nitrogen and oxygen atoms in total. The topological polar surface area (TPSA) is 34.1 Å². The van der Waals surface area contributed by atoms with Gasteiger partial charge in [0.1, 0.15) is 6.61 Å². The van der Waals surface area contributed by atoms with Gasteiger partial charge in [-0.1, -0.05) is 32.4 Å². The zero-order valence-corrected chi connectivity index (χ0v) is 11.7. The highest BCUT2D eigenvalue weighted by Gasteiger charge is 2.03. The lowest BCUT2D eigenvalue weighted by atomic mass is 10.1. The highest BCUT2D eigenvalue weighted by Crippen LogP contribution is 2.14. The van der Waals surface area contributed by atoms with Crippen LogP contribution in [0.3, 0.4) is 0 Å². The fourth-order valence-electron chi connectivity index (χ4n) is 1.68. The summed E-state index contributed by atoms with van der Waals surface area (Å²) in [6.07, 6.45) is 6.07. The van der Waals surface area contributed by atoms with E-state index < -0.39 is 0 Å². The third-order valence-electron chi connectivity index (χ3n) is 2.56. The Kier molecular flexibility index (Phi) is 7.11. The number of hydrogen-bond acceptors (Lipinski definition) is 3. The molecular formula is C15H24N2O. The van der Waals surface area contributed by atoms with E-state index >= 15 is 0 Å². The van der Waals surface area contributed by atoms with E-state index in [1.54, 1.807) is 0 Å². The molecule has 1 heterocycles. The number of nitrogens with zero attached hydrogens (tertiary/aromatic N) is 1. The van der Waals surface area contributed by atoms with E-state index in [0.29, 0.717) is 6.61 Å². The van der Waals surface area contributed by atoms with Crippen LogP contribution in [-0.4, -0.2) is 18.1 Å². The number of pyridine rings is 1. The lowest BCUT2D eigenvalue weighted by Crippen LogP contribution is -2.12. The first-order chi connectivity index (χ1) is 8.80.